The minimum atomic E-state index is 0.362. The van der Waals surface area contributed by atoms with Gasteiger partial charge in [-0.2, -0.15) is 0 Å². The summed E-state index contributed by atoms with van der Waals surface area (Å²) in [6, 6.07) is 10.7. The van der Waals surface area contributed by atoms with Crippen LogP contribution in [0.2, 0.25) is 0 Å². The van der Waals surface area contributed by atoms with Crippen molar-refractivity contribution >= 4 is 0 Å². The Hall–Kier alpha value is -0.860. The van der Waals surface area contributed by atoms with Crippen LogP contribution in [0.5, 0.6) is 0 Å². The first-order valence-electron chi connectivity index (χ1n) is 6.75. The molecule has 2 nitrogen and oxygen atoms in total. The number of unbranched alkanes of at least 4 members (excludes halogenated alkanes) is 1. The number of aliphatic hydroxyl groups is 1. The zero-order valence-electron chi connectivity index (χ0n) is 10.5. The van der Waals surface area contributed by atoms with E-state index in [1.165, 1.54) is 44.3 Å². The number of hydrogen-bond acceptors (Lipinski definition) is 2. The molecule has 1 fully saturated rings. The SMILES string of the molecule is OCC1CCN(CCCCc2ccccc2)C1. The van der Waals surface area contributed by atoms with Crippen molar-refractivity contribution in [2.75, 3.05) is 26.2 Å². The molecule has 1 atom stereocenters. The lowest BCUT2D eigenvalue weighted by atomic mass is 10.1. The molecule has 94 valence electrons. The van der Waals surface area contributed by atoms with Gasteiger partial charge in [0.2, 0.25) is 0 Å². The van der Waals surface area contributed by atoms with Gasteiger partial charge in [-0.1, -0.05) is 30.3 Å². The van der Waals surface area contributed by atoms with Crippen LogP contribution >= 0.6 is 0 Å². The van der Waals surface area contributed by atoms with Gasteiger partial charge in [0.1, 0.15) is 0 Å². The van der Waals surface area contributed by atoms with Crippen molar-refractivity contribution in [3.63, 3.8) is 0 Å². The lowest BCUT2D eigenvalue weighted by Crippen LogP contribution is -2.22. The third-order valence-electron chi connectivity index (χ3n) is 3.66. The quantitative estimate of drug-likeness (QED) is 0.762. The Kier molecular flexibility index (Phi) is 5.02. The third kappa shape index (κ3) is 4.14. The van der Waals surface area contributed by atoms with E-state index in [-0.39, 0.29) is 0 Å². The molecule has 0 saturated carbocycles. The summed E-state index contributed by atoms with van der Waals surface area (Å²) in [6.45, 7) is 3.84. The molecule has 0 spiro atoms. The van der Waals surface area contributed by atoms with E-state index in [9.17, 15) is 0 Å². The van der Waals surface area contributed by atoms with Gasteiger partial charge in [0, 0.05) is 13.2 Å². The molecule has 1 aromatic rings. The standard InChI is InChI=1S/C15H23NO/c17-13-15-9-11-16(12-15)10-5-4-8-14-6-2-1-3-7-14/h1-3,6-7,15,17H,4-5,8-13H2. The van der Waals surface area contributed by atoms with Gasteiger partial charge < -0.3 is 10.0 Å². The van der Waals surface area contributed by atoms with Crippen LogP contribution in [-0.2, 0) is 6.42 Å². The molecule has 1 heterocycles. The topological polar surface area (TPSA) is 23.5 Å². The average molecular weight is 233 g/mol. The maximum atomic E-state index is 9.08. The largest absolute Gasteiger partial charge is 0.396 e. The first-order valence-corrected chi connectivity index (χ1v) is 6.75. The normalized spacial score (nSPS) is 20.9. The molecule has 1 aliphatic rings. The van der Waals surface area contributed by atoms with Gasteiger partial charge in [0.05, 0.1) is 0 Å². The Bertz CT molecular complexity index is 312. The fourth-order valence-corrected chi connectivity index (χ4v) is 2.57. The van der Waals surface area contributed by atoms with E-state index in [0.29, 0.717) is 12.5 Å². The summed E-state index contributed by atoms with van der Waals surface area (Å²) >= 11 is 0. The van der Waals surface area contributed by atoms with Crippen LogP contribution in [0.4, 0.5) is 0 Å². The van der Waals surface area contributed by atoms with E-state index in [2.05, 4.69) is 35.2 Å². The summed E-state index contributed by atoms with van der Waals surface area (Å²) < 4.78 is 0. The number of aliphatic hydroxyl groups excluding tert-OH is 1. The van der Waals surface area contributed by atoms with Crippen molar-refractivity contribution in [1.29, 1.82) is 0 Å². The second-order valence-corrected chi connectivity index (χ2v) is 5.08. The molecule has 2 rings (SSSR count). The van der Waals surface area contributed by atoms with E-state index in [4.69, 9.17) is 5.11 Å². The highest BCUT2D eigenvalue weighted by Gasteiger charge is 2.20. The lowest BCUT2D eigenvalue weighted by Gasteiger charge is -2.15. The fourth-order valence-electron chi connectivity index (χ4n) is 2.57. The number of rotatable bonds is 6. The average Bonchev–Trinajstić information content (AvgIpc) is 2.84. The zero-order valence-corrected chi connectivity index (χ0v) is 10.5. The molecule has 1 aliphatic heterocycles. The zero-order chi connectivity index (χ0) is 11.9. The van der Waals surface area contributed by atoms with Crippen LogP contribution in [0.25, 0.3) is 0 Å². The van der Waals surface area contributed by atoms with Crippen molar-refractivity contribution in [2.24, 2.45) is 5.92 Å². The highest BCUT2D eigenvalue weighted by Crippen LogP contribution is 2.16. The van der Waals surface area contributed by atoms with Crippen molar-refractivity contribution < 1.29 is 5.11 Å². The monoisotopic (exact) mass is 233 g/mol. The molecular weight excluding hydrogens is 210 g/mol. The maximum Gasteiger partial charge on any atom is 0.0471 e. The highest BCUT2D eigenvalue weighted by molar-refractivity contribution is 5.14. The minimum absolute atomic E-state index is 0.362. The third-order valence-corrected chi connectivity index (χ3v) is 3.66. The van der Waals surface area contributed by atoms with E-state index in [1.54, 1.807) is 0 Å². The molecule has 0 amide bonds. The van der Waals surface area contributed by atoms with Crippen LogP contribution in [-0.4, -0.2) is 36.2 Å². The van der Waals surface area contributed by atoms with Crippen LogP contribution in [0, 0.1) is 5.92 Å². The van der Waals surface area contributed by atoms with Gasteiger partial charge in [0.25, 0.3) is 0 Å². The lowest BCUT2D eigenvalue weighted by molar-refractivity contribution is 0.221. The van der Waals surface area contributed by atoms with Gasteiger partial charge in [0.15, 0.2) is 0 Å². The molecule has 17 heavy (non-hydrogen) atoms. The maximum absolute atomic E-state index is 9.08. The summed E-state index contributed by atoms with van der Waals surface area (Å²) in [6.07, 6.45) is 4.91. The van der Waals surface area contributed by atoms with E-state index in [0.717, 1.165) is 6.54 Å². The predicted molar refractivity (Wildman–Crippen MR) is 71.0 cm³/mol. The fraction of sp³-hybridized carbons (Fsp3) is 0.600. The molecule has 2 heteroatoms. The van der Waals surface area contributed by atoms with E-state index >= 15 is 0 Å². The Morgan fingerprint density at radius 1 is 1.18 bits per heavy atom. The summed E-state index contributed by atoms with van der Waals surface area (Å²) in [7, 11) is 0. The Morgan fingerprint density at radius 3 is 2.71 bits per heavy atom. The molecule has 0 bridgehead atoms. The van der Waals surface area contributed by atoms with Crippen molar-refractivity contribution in [3.05, 3.63) is 35.9 Å². The van der Waals surface area contributed by atoms with E-state index < -0.39 is 0 Å². The second kappa shape index (κ2) is 6.77. The molecule has 1 N–H and O–H groups in total. The summed E-state index contributed by atoms with van der Waals surface area (Å²) in [4.78, 5) is 2.49. The second-order valence-electron chi connectivity index (χ2n) is 5.08. The van der Waals surface area contributed by atoms with E-state index in [1.807, 2.05) is 0 Å². The van der Waals surface area contributed by atoms with Crippen LogP contribution < -0.4 is 0 Å². The van der Waals surface area contributed by atoms with Gasteiger partial charge in [-0.25, -0.2) is 0 Å². The number of nitrogens with zero attached hydrogens (tertiary/aromatic N) is 1. The smallest absolute Gasteiger partial charge is 0.0471 e. The van der Waals surface area contributed by atoms with Crippen molar-refractivity contribution in [2.45, 2.75) is 25.7 Å². The molecule has 1 aromatic carbocycles. The minimum Gasteiger partial charge on any atom is -0.396 e. The summed E-state index contributed by atoms with van der Waals surface area (Å²) in [5, 5.41) is 9.08. The number of benzene rings is 1. The highest BCUT2D eigenvalue weighted by atomic mass is 16.3. The molecular formula is C15H23NO. The Labute approximate surface area is 104 Å². The molecule has 0 aliphatic carbocycles. The van der Waals surface area contributed by atoms with Crippen molar-refractivity contribution in [1.82, 2.24) is 4.90 Å². The number of hydrogen-bond donors (Lipinski definition) is 1. The van der Waals surface area contributed by atoms with Gasteiger partial charge in [-0.05, 0) is 50.3 Å². The summed E-state index contributed by atoms with van der Waals surface area (Å²) in [5.41, 5.74) is 1.45. The first kappa shape index (κ1) is 12.6. The van der Waals surface area contributed by atoms with Crippen LogP contribution in [0.15, 0.2) is 30.3 Å². The van der Waals surface area contributed by atoms with Gasteiger partial charge >= 0.3 is 0 Å². The summed E-state index contributed by atoms with van der Waals surface area (Å²) in [5.74, 6) is 0.532. The first-order chi connectivity index (χ1) is 8.38. The van der Waals surface area contributed by atoms with Gasteiger partial charge in [-0.15, -0.1) is 0 Å². The molecule has 1 saturated heterocycles. The Balaban J connectivity index is 1.58. The molecule has 1 unspecified atom stereocenters. The molecule has 0 radical (unpaired) electrons. The van der Waals surface area contributed by atoms with Crippen LogP contribution in [0.1, 0.15) is 24.8 Å². The van der Waals surface area contributed by atoms with Crippen molar-refractivity contribution in [3.8, 4) is 0 Å². The number of aryl methyl sites for hydroxylation is 1. The Morgan fingerprint density at radius 2 is 2.00 bits per heavy atom. The van der Waals surface area contributed by atoms with Gasteiger partial charge in [-0.3, -0.25) is 0 Å². The molecule has 0 aromatic heterocycles. The number of likely N-dealkylation sites (tertiary alicyclic amines) is 1. The van der Waals surface area contributed by atoms with Crippen LogP contribution in [0.3, 0.4) is 0 Å². The predicted octanol–water partition coefficient (Wildman–Crippen LogP) is 2.32.